The van der Waals surface area contributed by atoms with Gasteiger partial charge in [0.25, 0.3) is 5.91 Å². The summed E-state index contributed by atoms with van der Waals surface area (Å²) in [4.78, 5) is 18.0. The van der Waals surface area contributed by atoms with Crippen molar-refractivity contribution >= 4 is 22.4 Å². The highest BCUT2D eigenvalue weighted by molar-refractivity contribution is 7.15. The van der Waals surface area contributed by atoms with E-state index in [4.69, 9.17) is 9.47 Å². The van der Waals surface area contributed by atoms with Gasteiger partial charge in [-0.3, -0.25) is 10.1 Å². The number of thiazole rings is 1. The molecule has 1 heterocycles. The molecule has 2 aromatic carbocycles. The molecule has 0 aliphatic carbocycles. The summed E-state index contributed by atoms with van der Waals surface area (Å²) in [6.45, 7) is 4.64. The molecule has 3 aromatic rings. The fraction of sp³-hybridized carbons (Fsp3) is 0.200. The van der Waals surface area contributed by atoms with Gasteiger partial charge in [0, 0.05) is 4.88 Å². The Bertz CT molecular complexity index is 858. The van der Waals surface area contributed by atoms with Crippen LogP contribution in [0.5, 0.6) is 11.5 Å². The summed E-state index contributed by atoms with van der Waals surface area (Å²) in [7, 11) is 0. The van der Waals surface area contributed by atoms with E-state index in [0.29, 0.717) is 29.7 Å². The second kappa shape index (κ2) is 8.49. The normalized spacial score (nSPS) is 10.4. The van der Waals surface area contributed by atoms with Crippen LogP contribution in [0.1, 0.15) is 20.9 Å². The van der Waals surface area contributed by atoms with Crippen LogP contribution >= 0.6 is 11.3 Å². The predicted octanol–water partition coefficient (Wildman–Crippen LogP) is 4.47. The largest absolute Gasteiger partial charge is 0.490 e. The van der Waals surface area contributed by atoms with Crippen LogP contribution in [0.2, 0.25) is 0 Å². The van der Waals surface area contributed by atoms with Gasteiger partial charge in [0.15, 0.2) is 5.13 Å². The quantitative estimate of drug-likeness (QED) is 0.625. The Hall–Kier alpha value is -2.86. The fourth-order valence-electron chi connectivity index (χ4n) is 2.30. The molecule has 0 spiro atoms. The van der Waals surface area contributed by atoms with Crippen molar-refractivity contribution in [3.63, 3.8) is 0 Å². The smallest absolute Gasteiger partial charge is 0.261 e. The molecule has 26 heavy (non-hydrogen) atoms. The maximum Gasteiger partial charge on any atom is 0.261 e. The fourth-order valence-corrected chi connectivity index (χ4v) is 3.11. The van der Waals surface area contributed by atoms with Gasteiger partial charge in [-0.1, -0.05) is 30.3 Å². The lowest BCUT2D eigenvalue weighted by atomic mass is 10.2. The number of aryl methyl sites for hydroxylation is 2. The Kier molecular flexibility index (Phi) is 5.86. The third-order valence-corrected chi connectivity index (χ3v) is 4.72. The van der Waals surface area contributed by atoms with Gasteiger partial charge in [-0.15, -0.1) is 11.3 Å². The molecule has 0 aliphatic heterocycles. The van der Waals surface area contributed by atoms with Crippen molar-refractivity contribution in [2.24, 2.45) is 0 Å². The first-order valence-corrected chi connectivity index (χ1v) is 9.10. The van der Waals surface area contributed by atoms with Gasteiger partial charge >= 0.3 is 0 Å². The summed E-state index contributed by atoms with van der Waals surface area (Å²) in [6.07, 6.45) is 0. The average molecular weight is 368 g/mol. The topological polar surface area (TPSA) is 60.5 Å². The van der Waals surface area contributed by atoms with Crippen molar-refractivity contribution in [3.05, 3.63) is 70.7 Å². The first-order chi connectivity index (χ1) is 12.6. The number of hydrogen-bond acceptors (Lipinski definition) is 5. The minimum Gasteiger partial charge on any atom is -0.490 e. The van der Waals surface area contributed by atoms with E-state index in [1.807, 2.05) is 50.2 Å². The molecule has 0 saturated carbocycles. The van der Waals surface area contributed by atoms with Gasteiger partial charge in [-0.25, -0.2) is 4.98 Å². The van der Waals surface area contributed by atoms with E-state index >= 15 is 0 Å². The van der Waals surface area contributed by atoms with Crippen LogP contribution in [0, 0.1) is 13.8 Å². The van der Waals surface area contributed by atoms with Crippen LogP contribution in [0.3, 0.4) is 0 Å². The maximum absolute atomic E-state index is 12.6. The van der Waals surface area contributed by atoms with Gasteiger partial charge in [0.05, 0.1) is 11.3 Å². The molecular weight excluding hydrogens is 348 g/mol. The van der Waals surface area contributed by atoms with Crippen molar-refractivity contribution < 1.29 is 14.3 Å². The van der Waals surface area contributed by atoms with Gasteiger partial charge < -0.3 is 9.47 Å². The average Bonchev–Trinajstić information content (AvgIpc) is 2.97. The first-order valence-electron chi connectivity index (χ1n) is 8.28. The zero-order chi connectivity index (χ0) is 18.4. The molecule has 1 amide bonds. The number of benzene rings is 2. The molecule has 1 aromatic heterocycles. The van der Waals surface area contributed by atoms with Crippen LogP contribution < -0.4 is 14.8 Å². The van der Waals surface area contributed by atoms with Gasteiger partial charge in [0.1, 0.15) is 24.7 Å². The highest BCUT2D eigenvalue weighted by Crippen LogP contribution is 2.24. The molecule has 3 rings (SSSR count). The van der Waals surface area contributed by atoms with E-state index in [2.05, 4.69) is 10.3 Å². The maximum atomic E-state index is 12.6. The number of rotatable bonds is 7. The lowest BCUT2D eigenvalue weighted by Gasteiger charge is -2.11. The summed E-state index contributed by atoms with van der Waals surface area (Å²) in [6, 6.07) is 16.7. The molecular formula is C20H20N2O3S. The van der Waals surface area contributed by atoms with Crippen molar-refractivity contribution in [3.8, 4) is 11.5 Å². The lowest BCUT2D eigenvalue weighted by Crippen LogP contribution is -2.15. The van der Waals surface area contributed by atoms with Gasteiger partial charge in [-0.05, 0) is 38.1 Å². The molecule has 5 nitrogen and oxygen atoms in total. The molecule has 0 atom stereocenters. The van der Waals surface area contributed by atoms with Crippen LogP contribution in [0.4, 0.5) is 5.13 Å². The van der Waals surface area contributed by atoms with Crippen molar-refractivity contribution in [2.75, 3.05) is 18.5 Å². The summed E-state index contributed by atoms with van der Waals surface area (Å²) in [5.74, 6) is 1.07. The van der Waals surface area contributed by atoms with Crippen LogP contribution in [0.25, 0.3) is 0 Å². The lowest BCUT2D eigenvalue weighted by molar-refractivity contribution is 0.102. The van der Waals surface area contributed by atoms with Crippen LogP contribution in [-0.4, -0.2) is 24.1 Å². The van der Waals surface area contributed by atoms with Gasteiger partial charge in [-0.2, -0.15) is 0 Å². The Balaban J connectivity index is 1.59. The van der Waals surface area contributed by atoms with E-state index in [0.717, 1.165) is 16.3 Å². The van der Waals surface area contributed by atoms with E-state index in [1.165, 1.54) is 11.3 Å². The third-order valence-electron chi connectivity index (χ3n) is 3.73. The summed E-state index contributed by atoms with van der Waals surface area (Å²) in [5.41, 5.74) is 1.39. The minimum atomic E-state index is -0.238. The van der Waals surface area contributed by atoms with Crippen molar-refractivity contribution in [1.82, 2.24) is 4.98 Å². The molecule has 0 saturated heterocycles. The molecule has 0 unspecified atom stereocenters. The third kappa shape index (κ3) is 4.61. The number of carbonyl (C=O) groups excluding carboxylic acids is 1. The van der Waals surface area contributed by atoms with Crippen LogP contribution in [-0.2, 0) is 0 Å². The van der Waals surface area contributed by atoms with Crippen LogP contribution in [0.15, 0.2) is 54.6 Å². The highest BCUT2D eigenvalue weighted by atomic mass is 32.1. The number of ether oxygens (including phenoxy) is 2. The second-order valence-corrected chi connectivity index (χ2v) is 6.82. The Labute approximate surface area is 156 Å². The molecule has 0 fully saturated rings. The predicted molar refractivity (Wildman–Crippen MR) is 103 cm³/mol. The number of carbonyl (C=O) groups is 1. The van der Waals surface area contributed by atoms with E-state index in [1.54, 1.807) is 18.2 Å². The van der Waals surface area contributed by atoms with Crippen molar-refractivity contribution in [1.29, 1.82) is 0 Å². The Morgan fingerprint density at radius 1 is 1.00 bits per heavy atom. The number of para-hydroxylation sites is 2. The summed E-state index contributed by atoms with van der Waals surface area (Å²) in [5, 5.41) is 3.42. The highest BCUT2D eigenvalue weighted by Gasteiger charge is 2.14. The molecule has 1 N–H and O–H groups in total. The molecule has 0 bridgehead atoms. The second-order valence-electron chi connectivity index (χ2n) is 5.62. The number of anilines is 1. The van der Waals surface area contributed by atoms with E-state index in [-0.39, 0.29) is 5.91 Å². The number of aromatic nitrogens is 1. The zero-order valence-corrected chi connectivity index (χ0v) is 15.5. The first kappa shape index (κ1) is 17.9. The standard InChI is InChI=1S/C20H20N2O3S/c1-14-15(2)26-20(21-14)22-19(23)17-10-6-7-11-18(17)25-13-12-24-16-8-4-3-5-9-16/h3-11H,12-13H2,1-2H3,(H,21,22,23). The van der Waals surface area contributed by atoms with E-state index < -0.39 is 0 Å². The Morgan fingerprint density at radius 3 is 2.42 bits per heavy atom. The van der Waals surface area contributed by atoms with Crippen molar-refractivity contribution in [2.45, 2.75) is 13.8 Å². The molecule has 134 valence electrons. The van der Waals surface area contributed by atoms with E-state index in [9.17, 15) is 4.79 Å². The number of nitrogens with zero attached hydrogens (tertiary/aromatic N) is 1. The number of amides is 1. The molecule has 0 radical (unpaired) electrons. The number of nitrogens with one attached hydrogen (secondary N) is 1. The monoisotopic (exact) mass is 368 g/mol. The van der Waals surface area contributed by atoms with Gasteiger partial charge in [0.2, 0.25) is 0 Å². The molecule has 6 heteroatoms. The number of hydrogen-bond donors (Lipinski definition) is 1. The molecule has 0 aliphatic rings. The zero-order valence-electron chi connectivity index (χ0n) is 14.7. The SMILES string of the molecule is Cc1nc(NC(=O)c2ccccc2OCCOc2ccccc2)sc1C. The minimum absolute atomic E-state index is 0.238. The summed E-state index contributed by atoms with van der Waals surface area (Å²) >= 11 is 1.46. The summed E-state index contributed by atoms with van der Waals surface area (Å²) < 4.78 is 11.3. The Morgan fingerprint density at radius 2 is 1.69 bits per heavy atom.